The summed E-state index contributed by atoms with van der Waals surface area (Å²) in [4.78, 5) is 18.2. The van der Waals surface area contributed by atoms with Crippen molar-refractivity contribution in [2.75, 3.05) is 0 Å². The van der Waals surface area contributed by atoms with Crippen molar-refractivity contribution in [2.24, 2.45) is 0 Å². The van der Waals surface area contributed by atoms with E-state index in [1.54, 1.807) is 28.9 Å². The van der Waals surface area contributed by atoms with E-state index < -0.39 is 0 Å². The highest BCUT2D eigenvalue weighted by atomic mass is 127. The van der Waals surface area contributed by atoms with Crippen molar-refractivity contribution in [3.63, 3.8) is 0 Å². The highest BCUT2D eigenvalue weighted by Gasteiger charge is 2.13. The van der Waals surface area contributed by atoms with Crippen molar-refractivity contribution in [1.82, 2.24) is 9.55 Å². The number of para-hydroxylation sites is 1. The molecule has 5 heteroatoms. The van der Waals surface area contributed by atoms with Crippen LogP contribution in [0.1, 0.15) is 22.5 Å². The van der Waals surface area contributed by atoms with Gasteiger partial charge in [0.1, 0.15) is 11.6 Å². The summed E-state index contributed by atoms with van der Waals surface area (Å²) >= 11 is 2.20. The van der Waals surface area contributed by atoms with Gasteiger partial charge in [-0.1, -0.05) is 35.9 Å². The number of benzene rings is 3. The maximum Gasteiger partial charge on any atom is 0.266 e. The van der Waals surface area contributed by atoms with E-state index in [1.807, 2.05) is 56.3 Å². The molecular weight excluding hydrogens is 475 g/mol. The number of halogens is 1. The zero-order valence-corrected chi connectivity index (χ0v) is 18.2. The zero-order valence-electron chi connectivity index (χ0n) is 16.1. The van der Waals surface area contributed by atoms with Crippen LogP contribution < -0.4 is 5.56 Å². The van der Waals surface area contributed by atoms with Gasteiger partial charge in [0, 0.05) is 9.13 Å². The molecule has 144 valence electrons. The van der Waals surface area contributed by atoms with Gasteiger partial charge in [-0.25, -0.2) is 4.98 Å². The maximum absolute atomic E-state index is 13.5. The normalized spacial score (nSPS) is 11.4. The van der Waals surface area contributed by atoms with Gasteiger partial charge in [-0.2, -0.15) is 0 Å². The van der Waals surface area contributed by atoms with Gasteiger partial charge in [-0.05, 0) is 84.5 Å². The summed E-state index contributed by atoms with van der Waals surface area (Å²) in [5, 5.41) is 10.6. The van der Waals surface area contributed by atoms with Crippen molar-refractivity contribution in [1.29, 1.82) is 0 Å². The van der Waals surface area contributed by atoms with Crippen molar-refractivity contribution in [3.05, 3.63) is 97.1 Å². The van der Waals surface area contributed by atoms with E-state index in [0.29, 0.717) is 22.3 Å². The number of fused-ring (bicyclic) bond motifs is 1. The molecule has 0 saturated heterocycles. The van der Waals surface area contributed by atoms with Gasteiger partial charge in [0.15, 0.2) is 0 Å². The SMILES string of the molecule is Cc1ccc(-n2c(/C=C/c3ccccc3O)nc3ccc(I)cc3c2=O)c(C)c1. The third kappa shape index (κ3) is 3.82. The molecule has 0 aliphatic heterocycles. The number of aryl methyl sites for hydroxylation is 2. The number of rotatable bonds is 3. The fourth-order valence-electron chi connectivity index (χ4n) is 3.37. The largest absolute Gasteiger partial charge is 0.507 e. The lowest BCUT2D eigenvalue weighted by atomic mass is 10.1. The number of hydrogen-bond donors (Lipinski definition) is 1. The molecule has 4 rings (SSSR count). The number of phenols is 1. The molecule has 0 aliphatic carbocycles. The Kier molecular flexibility index (Phi) is 5.24. The standard InChI is InChI=1S/C24H19IN2O2/c1-15-7-11-21(16(2)13-15)27-23(12-8-17-5-3-4-6-22(17)28)26-20-10-9-18(25)14-19(20)24(27)29/h3-14,28H,1-2H3/b12-8+. The number of phenolic OH excluding ortho intramolecular Hbond substituents is 1. The molecule has 0 aliphatic rings. The molecule has 0 fully saturated rings. The van der Waals surface area contributed by atoms with E-state index in [4.69, 9.17) is 4.98 Å². The second kappa shape index (κ2) is 7.83. The minimum absolute atomic E-state index is 0.114. The Morgan fingerprint density at radius 3 is 2.55 bits per heavy atom. The van der Waals surface area contributed by atoms with Crippen LogP contribution in [0.2, 0.25) is 0 Å². The number of nitrogens with zero attached hydrogens (tertiary/aromatic N) is 2. The molecule has 29 heavy (non-hydrogen) atoms. The van der Waals surface area contributed by atoms with Crippen molar-refractivity contribution < 1.29 is 5.11 Å². The first kappa shape index (κ1) is 19.4. The lowest BCUT2D eigenvalue weighted by Crippen LogP contribution is -2.23. The van der Waals surface area contributed by atoms with E-state index in [0.717, 1.165) is 20.4 Å². The molecule has 0 spiro atoms. The molecule has 4 aromatic rings. The fraction of sp³-hybridized carbons (Fsp3) is 0.0833. The smallest absolute Gasteiger partial charge is 0.266 e. The monoisotopic (exact) mass is 494 g/mol. The van der Waals surface area contributed by atoms with Gasteiger partial charge in [-0.3, -0.25) is 9.36 Å². The first-order valence-corrected chi connectivity index (χ1v) is 10.3. The van der Waals surface area contributed by atoms with Crippen LogP contribution >= 0.6 is 22.6 Å². The Morgan fingerprint density at radius 2 is 1.79 bits per heavy atom. The molecule has 1 heterocycles. The van der Waals surface area contributed by atoms with Crippen LogP contribution in [0.5, 0.6) is 5.75 Å². The quantitative estimate of drug-likeness (QED) is 0.384. The molecule has 3 aromatic carbocycles. The molecule has 1 N–H and O–H groups in total. The fourth-order valence-corrected chi connectivity index (χ4v) is 3.86. The van der Waals surface area contributed by atoms with E-state index in [1.165, 1.54) is 0 Å². The molecule has 0 unspecified atom stereocenters. The van der Waals surface area contributed by atoms with Crippen molar-refractivity contribution in [2.45, 2.75) is 13.8 Å². The summed E-state index contributed by atoms with van der Waals surface area (Å²) in [6.45, 7) is 4.02. The summed E-state index contributed by atoms with van der Waals surface area (Å²) < 4.78 is 2.63. The van der Waals surface area contributed by atoms with Crippen LogP contribution in [0, 0.1) is 17.4 Å². The van der Waals surface area contributed by atoms with E-state index >= 15 is 0 Å². The molecule has 0 saturated carbocycles. The first-order chi connectivity index (χ1) is 13.9. The number of aromatic hydroxyl groups is 1. The van der Waals surface area contributed by atoms with Crippen molar-refractivity contribution >= 4 is 45.6 Å². The van der Waals surface area contributed by atoms with Crippen LogP contribution in [0.15, 0.2) is 65.5 Å². The highest BCUT2D eigenvalue weighted by Crippen LogP contribution is 2.22. The number of hydrogen-bond acceptors (Lipinski definition) is 3. The number of aromatic nitrogens is 2. The maximum atomic E-state index is 13.5. The Morgan fingerprint density at radius 1 is 1.00 bits per heavy atom. The average Bonchev–Trinajstić information content (AvgIpc) is 2.69. The summed E-state index contributed by atoms with van der Waals surface area (Å²) in [6, 6.07) is 18.7. The van der Waals surface area contributed by atoms with Gasteiger partial charge < -0.3 is 5.11 Å². The van der Waals surface area contributed by atoms with E-state index in [2.05, 4.69) is 28.7 Å². The lowest BCUT2D eigenvalue weighted by Gasteiger charge is -2.14. The summed E-state index contributed by atoms with van der Waals surface area (Å²) in [5.41, 5.74) is 4.12. The topological polar surface area (TPSA) is 55.1 Å². The molecule has 0 bridgehead atoms. The molecule has 0 radical (unpaired) electrons. The minimum Gasteiger partial charge on any atom is -0.507 e. The zero-order chi connectivity index (χ0) is 20.5. The van der Waals surface area contributed by atoms with Gasteiger partial charge >= 0.3 is 0 Å². The molecular formula is C24H19IN2O2. The van der Waals surface area contributed by atoms with Gasteiger partial charge in [0.25, 0.3) is 5.56 Å². The van der Waals surface area contributed by atoms with Crippen molar-refractivity contribution in [3.8, 4) is 11.4 Å². The third-order valence-electron chi connectivity index (χ3n) is 4.80. The first-order valence-electron chi connectivity index (χ1n) is 9.20. The predicted molar refractivity (Wildman–Crippen MR) is 127 cm³/mol. The predicted octanol–water partition coefficient (Wildman–Crippen LogP) is 5.48. The summed E-state index contributed by atoms with van der Waals surface area (Å²) in [5.74, 6) is 0.693. The Balaban J connectivity index is 2.00. The van der Waals surface area contributed by atoms with Crippen LogP contribution in [0.4, 0.5) is 0 Å². The average molecular weight is 494 g/mol. The second-order valence-corrected chi connectivity index (χ2v) is 8.20. The molecule has 0 amide bonds. The lowest BCUT2D eigenvalue weighted by molar-refractivity contribution is 0.474. The van der Waals surface area contributed by atoms with Crippen LogP contribution in [0.25, 0.3) is 28.7 Å². The van der Waals surface area contributed by atoms with E-state index in [-0.39, 0.29) is 11.3 Å². The third-order valence-corrected chi connectivity index (χ3v) is 5.47. The highest BCUT2D eigenvalue weighted by molar-refractivity contribution is 14.1. The molecule has 0 atom stereocenters. The van der Waals surface area contributed by atoms with Gasteiger partial charge in [0.2, 0.25) is 0 Å². The summed E-state index contributed by atoms with van der Waals surface area (Å²) in [7, 11) is 0. The minimum atomic E-state index is -0.114. The second-order valence-electron chi connectivity index (χ2n) is 6.95. The van der Waals surface area contributed by atoms with Gasteiger partial charge in [-0.15, -0.1) is 0 Å². The Bertz CT molecular complexity index is 1320. The Labute approximate surface area is 182 Å². The van der Waals surface area contributed by atoms with Crippen LogP contribution in [0.3, 0.4) is 0 Å². The van der Waals surface area contributed by atoms with E-state index in [9.17, 15) is 9.90 Å². The molecule has 1 aromatic heterocycles. The Hall–Kier alpha value is -2.93. The van der Waals surface area contributed by atoms with Gasteiger partial charge in [0.05, 0.1) is 16.6 Å². The summed E-state index contributed by atoms with van der Waals surface area (Å²) in [6.07, 6.45) is 3.54. The van der Waals surface area contributed by atoms with Crippen LogP contribution in [-0.2, 0) is 0 Å². The van der Waals surface area contributed by atoms with Crippen LogP contribution in [-0.4, -0.2) is 14.7 Å². The molecule has 4 nitrogen and oxygen atoms in total.